The van der Waals surface area contributed by atoms with E-state index in [1.165, 1.54) is 13.2 Å². The second-order valence-electron chi connectivity index (χ2n) is 4.89. The molecule has 0 saturated heterocycles. The fraction of sp³-hybridized carbons (Fsp3) is 0.375. The number of ether oxygens (including phenoxy) is 2. The SMILES string of the molecule is COc1ccc(C=C(C#N)C(=O)O)cc1OCCCN(C)C. The molecule has 0 unspecified atom stereocenters. The molecule has 0 radical (unpaired) electrons. The summed E-state index contributed by atoms with van der Waals surface area (Å²) in [4.78, 5) is 12.9. The molecule has 1 aromatic rings. The second-order valence-corrected chi connectivity index (χ2v) is 4.89. The van der Waals surface area contributed by atoms with Crippen LogP contribution in [0.5, 0.6) is 11.5 Å². The Morgan fingerprint density at radius 2 is 2.14 bits per heavy atom. The molecule has 6 heteroatoms. The van der Waals surface area contributed by atoms with E-state index in [0.717, 1.165) is 13.0 Å². The van der Waals surface area contributed by atoms with Crippen molar-refractivity contribution in [2.45, 2.75) is 6.42 Å². The standard InChI is InChI=1S/C16H20N2O4/c1-18(2)7-4-8-22-15-10-12(5-6-14(15)21-3)9-13(11-17)16(19)20/h5-6,9-10H,4,7-8H2,1-3H3,(H,19,20). The van der Waals surface area contributed by atoms with Crippen molar-refractivity contribution in [2.24, 2.45) is 0 Å². The summed E-state index contributed by atoms with van der Waals surface area (Å²) in [6.07, 6.45) is 2.16. The number of carboxylic acids is 1. The maximum absolute atomic E-state index is 10.9. The zero-order chi connectivity index (χ0) is 16.5. The highest BCUT2D eigenvalue weighted by Gasteiger charge is 2.09. The van der Waals surface area contributed by atoms with Gasteiger partial charge in [-0.15, -0.1) is 0 Å². The Bertz CT molecular complexity index is 588. The summed E-state index contributed by atoms with van der Waals surface area (Å²) in [5.41, 5.74) is 0.242. The van der Waals surface area contributed by atoms with Gasteiger partial charge >= 0.3 is 5.97 Å². The molecule has 0 heterocycles. The average Bonchev–Trinajstić information content (AvgIpc) is 2.48. The molecule has 0 saturated carbocycles. The number of carboxylic acid groups (broad SMARTS) is 1. The van der Waals surface area contributed by atoms with Crippen molar-refractivity contribution in [1.29, 1.82) is 5.26 Å². The van der Waals surface area contributed by atoms with E-state index in [1.54, 1.807) is 24.3 Å². The van der Waals surface area contributed by atoms with Gasteiger partial charge in [-0.3, -0.25) is 0 Å². The highest BCUT2D eigenvalue weighted by molar-refractivity contribution is 5.96. The predicted molar refractivity (Wildman–Crippen MR) is 82.9 cm³/mol. The quantitative estimate of drug-likeness (QED) is 0.449. The van der Waals surface area contributed by atoms with Crippen LogP contribution in [0.15, 0.2) is 23.8 Å². The van der Waals surface area contributed by atoms with Gasteiger partial charge in [0.25, 0.3) is 0 Å². The van der Waals surface area contributed by atoms with Crippen molar-refractivity contribution in [3.63, 3.8) is 0 Å². The third kappa shape index (κ3) is 5.46. The molecule has 118 valence electrons. The maximum atomic E-state index is 10.9. The number of hydrogen-bond acceptors (Lipinski definition) is 5. The number of benzene rings is 1. The Morgan fingerprint density at radius 3 is 2.68 bits per heavy atom. The summed E-state index contributed by atoms with van der Waals surface area (Å²) in [6.45, 7) is 1.42. The fourth-order valence-corrected chi connectivity index (χ4v) is 1.77. The van der Waals surface area contributed by atoms with Gasteiger partial charge in [0, 0.05) is 6.54 Å². The Balaban J connectivity index is 2.89. The molecule has 0 atom stereocenters. The van der Waals surface area contributed by atoms with Crippen LogP contribution in [-0.4, -0.2) is 50.3 Å². The first-order valence-electron chi connectivity index (χ1n) is 6.78. The molecule has 0 spiro atoms. The molecule has 0 fully saturated rings. The van der Waals surface area contributed by atoms with Gasteiger partial charge in [0.05, 0.1) is 13.7 Å². The zero-order valence-corrected chi connectivity index (χ0v) is 13.0. The molecule has 1 rings (SSSR count). The molecule has 0 aliphatic heterocycles. The Labute approximate surface area is 130 Å². The molecule has 22 heavy (non-hydrogen) atoms. The molecule has 1 N–H and O–H groups in total. The molecule has 0 amide bonds. The summed E-state index contributed by atoms with van der Waals surface area (Å²) in [5.74, 6) is -0.166. The lowest BCUT2D eigenvalue weighted by Gasteiger charge is -2.13. The lowest BCUT2D eigenvalue weighted by Crippen LogP contribution is -2.15. The monoisotopic (exact) mass is 304 g/mol. The van der Waals surface area contributed by atoms with E-state index < -0.39 is 5.97 Å². The van der Waals surface area contributed by atoms with E-state index in [0.29, 0.717) is 23.7 Å². The van der Waals surface area contributed by atoms with E-state index >= 15 is 0 Å². The first kappa shape index (κ1) is 17.5. The molecule has 6 nitrogen and oxygen atoms in total. The van der Waals surface area contributed by atoms with E-state index in [2.05, 4.69) is 4.90 Å². The molecule has 1 aromatic carbocycles. The Morgan fingerprint density at radius 1 is 1.41 bits per heavy atom. The number of aliphatic carboxylic acids is 1. The molecule has 0 aliphatic rings. The van der Waals surface area contributed by atoms with Crippen LogP contribution in [0.3, 0.4) is 0 Å². The number of carbonyl (C=O) groups is 1. The van der Waals surface area contributed by atoms with Gasteiger partial charge in [0.15, 0.2) is 11.5 Å². The first-order valence-corrected chi connectivity index (χ1v) is 6.78. The maximum Gasteiger partial charge on any atom is 0.346 e. The van der Waals surface area contributed by atoms with E-state index in [4.69, 9.17) is 19.8 Å². The predicted octanol–water partition coefficient (Wildman–Crippen LogP) is 2.02. The summed E-state index contributed by atoms with van der Waals surface area (Å²) in [7, 11) is 5.51. The van der Waals surface area contributed by atoms with Crippen molar-refractivity contribution < 1.29 is 19.4 Å². The van der Waals surface area contributed by atoms with Gasteiger partial charge in [-0.25, -0.2) is 4.79 Å². The largest absolute Gasteiger partial charge is 0.493 e. The lowest BCUT2D eigenvalue weighted by molar-refractivity contribution is -0.132. The summed E-state index contributed by atoms with van der Waals surface area (Å²) >= 11 is 0. The van der Waals surface area contributed by atoms with Crippen LogP contribution >= 0.6 is 0 Å². The van der Waals surface area contributed by atoms with Gasteiger partial charge in [0.2, 0.25) is 0 Å². The van der Waals surface area contributed by atoms with Crippen LogP contribution in [0.2, 0.25) is 0 Å². The van der Waals surface area contributed by atoms with Crippen LogP contribution < -0.4 is 9.47 Å². The van der Waals surface area contributed by atoms with Crippen LogP contribution in [0, 0.1) is 11.3 Å². The lowest BCUT2D eigenvalue weighted by atomic mass is 10.1. The average molecular weight is 304 g/mol. The second kappa shape index (κ2) is 8.70. The van der Waals surface area contributed by atoms with E-state index in [1.807, 2.05) is 14.1 Å². The summed E-state index contributed by atoms with van der Waals surface area (Å²) < 4.78 is 10.9. The summed E-state index contributed by atoms with van der Waals surface area (Å²) in [6, 6.07) is 6.67. The number of rotatable bonds is 8. The van der Waals surface area contributed by atoms with Crippen LogP contribution in [0.4, 0.5) is 0 Å². The molecular formula is C16H20N2O4. The van der Waals surface area contributed by atoms with Crippen molar-refractivity contribution >= 4 is 12.0 Å². The van der Waals surface area contributed by atoms with E-state index in [9.17, 15) is 4.79 Å². The van der Waals surface area contributed by atoms with Gasteiger partial charge in [-0.2, -0.15) is 5.26 Å². The molecule has 0 aromatic heterocycles. The Kier molecular flexibility index (Phi) is 6.93. The van der Waals surface area contributed by atoms with Crippen LogP contribution in [0.1, 0.15) is 12.0 Å². The van der Waals surface area contributed by atoms with Crippen molar-refractivity contribution in [1.82, 2.24) is 4.90 Å². The number of nitrogens with zero attached hydrogens (tertiary/aromatic N) is 2. The minimum atomic E-state index is -1.26. The minimum Gasteiger partial charge on any atom is -0.493 e. The molecule has 0 bridgehead atoms. The zero-order valence-electron chi connectivity index (χ0n) is 13.0. The van der Waals surface area contributed by atoms with Gasteiger partial charge in [-0.05, 0) is 44.3 Å². The number of hydrogen-bond donors (Lipinski definition) is 1. The smallest absolute Gasteiger partial charge is 0.346 e. The first-order chi connectivity index (χ1) is 10.5. The van der Waals surface area contributed by atoms with Crippen molar-refractivity contribution in [3.05, 3.63) is 29.3 Å². The van der Waals surface area contributed by atoms with Gasteiger partial charge in [0.1, 0.15) is 11.6 Å². The third-order valence-corrected chi connectivity index (χ3v) is 2.86. The highest BCUT2D eigenvalue weighted by atomic mass is 16.5. The topological polar surface area (TPSA) is 82.8 Å². The van der Waals surface area contributed by atoms with Crippen molar-refractivity contribution in [3.8, 4) is 17.6 Å². The van der Waals surface area contributed by atoms with Crippen molar-refractivity contribution in [2.75, 3.05) is 34.4 Å². The van der Waals surface area contributed by atoms with Gasteiger partial charge < -0.3 is 19.5 Å². The summed E-state index contributed by atoms with van der Waals surface area (Å²) in [5, 5.41) is 17.7. The number of methoxy groups -OCH3 is 1. The van der Waals surface area contributed by atoms with Crippen LogP contribution in [-0.2, 0) is 4.79 Å². The molecule has 0 aliphatic carbocycles. The fourth-order valence-electron chi connectivity index (χ4n) is 1.77. The van der Waals surface area contributed by atoms with Crippen LogP contribution in [0.25, 0.3) is 6.08 Å². The normalized spacial score (nSPS) is 11.1. The number of nitriles is 1. The van der Waals surface area contributed by atoms with Gasteiger partial charge in [-0.1, -0.05) is 6.07 Å². The highest BCUT2D eigenvalue weighted by Crippen LogP contribution is 2.29. The Hall–Kier alpha value is -2.52. The van der Waals surface area contributed by atoms with E-state index in [-0.39, 0.29) is 5.57 Å². The third-order valence-electron chi connectivity index (χ3n) is 2.86. The molecular weight excluding hydrogens is 284 g/mol. The minimum absolute atomic E-state index is 0.330.